The first-order valence-corrected chi connectivity index (χ1v) is 9.23. The maximum Gasteiger partial charge on any atom is 0.161 e. The van der Waals surface area contributed by atoms with Crippen molar-refractivity contribution in [3.05, 3.63) is 75.2 Å². The van der Waals surface area contributed by atoms with Crippen molar-refractivity contribution in [2.75, 3.05) is 5.32 Å². The summed E-state index contributed by atoms with van der Waals surface area (Å²) >= 11 is 14.0. The van der Waals surface area contributed by atoms with Crippen LogP contribution in [-0.2, 0) is 6.42 Å². The standard InChI is InChI=1S/C18H11Cl2FN4S/c19-13-2-1-3-14(20)12(13)8-15-25-16-17(22-9-23-18(16)26-15)24-11-6-4-10(21)5-7-11/h1-7,9H,8H2,(H,22,23,24). The number of thiazole rings is 1. The molecule has 0 atom stereocenters. The Bertz CT molecular complexity index is 1060. The molecule has 2 aromatic carbocycles. The Labute approximate surface area is 162 Å². The first-order valence-electron chi connectivity index (χ1n) is 7.66. The van der Waals surface area contributed by atoms with Crippen molar-refractivity contribution >= 4 is 56.4 Å². The molecule has 1 N–H and O–H groups in total. The minimum absolute atomic E-state index is 0.295. The maximum atomic E-state index is 13.1. The van der Waals surface area contributed by atoms with Crippen LogP contribution in [0.4, 0.5) is 15.9 Å². The summed E-state index contributed by atoms with van der Waals surface area (Å²) in [6.07, 6.45) is 1.98. The Hall–Kier alpha value is -2.28. The molecular weight excluding hydrogens is 394 g/mol. The fourth-order valence-electron chi connectivity index (χ4n) is 2.49. The lowest BCUT2D eigenvalue weighted by Gasteiger charge is -2.05. The van der Waals surface area contributed by atoms with E-state index >= 15 is 0 Å². The molecule has 0 saturated heterocycles. The van der Waals surface area contributed by atoms with Gasteiger partial charge in [0.2, 0.25) is 0 Å². The molecule has 0 unspecified atom stereocenters. The predicted octanol–water partition coefficient (Wildman–Crippen LogP) is 5.87. The van der Waals surface area contributed by atoms with Crippen LogP contribution >= 0.6 is 34.5 Å². The first kappa shape index (κ1) is 17.1. The van der Waals surface area contributed by atoms with E-state index in [1.807, 2.05) is 6.07 Å². The van der Waals surface area contributed by atoms with Gasteiger partial charge >= 0.3 is 0 Å². The Balaban J connectivity index is 1.68. The van der Waals surface area contributed by atoms with Gasteiger partial charge in [-0.3, -0.25) is 0 Å². The average molecular weight is 405 g/mol. The summed E-state index contributed by atoms with van der Waals surface area (Å²) in [5.41, 5.74) is 2.20. The van der Waals surface area contributed by atoms with E-state index in [4.69, 9.17) is 23.2 Å². The number of benzene rings is 2. The molecular formula is C18H11Cl2FN4S. The molecule has 26 heavy (non-hydrogen) atoms. The van der Waals surface area contributed by atoms with Crippen LogP contribution < -0.4 is 5.32 Å². The fourth-order valence-corrected chi connectivity index (χ4v) is 3.93. The van der Waals surface area contributed by atoms with Crippen LogP contribution in [-0.4, -0.2) is 15.0 Å². The zero-order valence-corrected chi connectivity index (χ0v) is 15.5. The Morgan fingerprint density at radius 1 is 1.00 bits per heavy atom. The van der Waals surface area contributed by atoms with Gasteiger partial charge in [0.15, 0.2) is 5.82 Å². The molecule has 0 aliphatic rings. The minimum atomic E-state index is -0.295. The Morgan fingerprint density at radius 3 is 2.46 bits per heavy atom. The third-order valence-electron chi connectivity index (χ3n) is 3.74. The van der Waals surface area contributed by atoms with Gasteiger partial charge in [0, 0.05) is 22.2 Å². The number of rotatable bonds is 4. The molecule has 130 valence electrons. The number of aromatic nitrogens is 3. The monoisotopic (exact) mass is 404 g/mol. The molecule has 0 fully saturated rings. The Morgan fingerprint density at radius 2 is 1.73 bits per heavy atom. The summed E-state index contributed by atoms with van der Waals surface area (Å²) in [6, 6.07) is 11.5. The van der Waals surface area contributed by atoms with Gasteiger partial charge in [-0.05, 0) is 42.0 Å². The van der Waals surface area contributed by atoms with Gasteiger partial charge in [0.25, 0.3) is 0 Å². The van der Waals surface area contributed by atoms with Crippen molar-refractivity contribution in [3.63, 3.8) is 0 Å². The minimum Gasteiger partial charge on any atom is -0.338 e. The van der Waals surface area contributed by atoms with Gasteiger partial charge in [-0.1, -0.05) is 40.6 Å². The van der Waals surface area contributed by atoms with Crippen molar-refractivity contribution in [1.82, 2.24) is 15.0 Å². The highest BCUT2D eigenvalue weighted by Gasteiger charge is 2.14. The highest BCUT2D eigenvalue weighted by Crippen LogP contribution is 2.31. The third kappa shape index (κ3) is 3.49. The van der Waals surface area contributed by atoms with E-state index in [1.54, 1.807) is 24.3 Å². The van der Waals surface area contributed by atoms with E-state index < -0.39 is 0 Å². The SMILES string of the molecule is Fc1ccc(Nc2ncnc3sc(Cc4c(Cl)cccc4Cl)nc23)cc1. The Kier molecular flexibility index (Phi) is 4.72. The van der Waals surface area contributed by atoms with Gasteiger partial charge in [-0.25, -0.2) is 19.3 Å². The highest BCUT2D eigenvalue weighted by molar-refractivity contribution is 7.18. The molecule has 4 rings (SSSR count). The summed E-state index contributed by atoms with van der Waals surface area (Å²) in [4.78, 5) is 13.9. The fraction of sp³-hybridized carbons (Fsp3) is 0.0556. The summed E-state index contributed by atoms with van der Waals surface area (Å²) in [6.45, 7) is 0. The molecule has 2 heterocycles. The van der Waals surface area contributed by atoms with Crippen molar-refractivity contribution in [3.8, 4) is 0 Å². The average Bonchev–Trinajstić information content (AvgIpc) is 3.04. The number of anilines is 2. The van der Waals surface area contributed by atoms with E-state index in [-0.39, 0.29) is 5.82 Å². The van der Waals surface area contributed by atoms with E-state index in [0.29, 0.717) is 27.8 Å². The number of hydrogen-bond acceptors (Lipinski definition) is 5. The van der Waals surface area contributed by atoms with E-state index in [0.717, 1.165) is 21.1 Å². The van der Waals surface area contributed by atoms with Gasteiger partial charge < -0.3 is 5.32 Å². The maximum absolute atomic E-state index is 13.1. The molecule has 0 spiro atoms. The van der Waals surface area contributed by atoms with Crippen molar-refractivity contribution in [1.29, 1.82) is 0 Å². The number of hydrogen-bond donors (Lipinski definition) is 1. The molecule has 2 aromatic heterocycles. The van der Waals surface area contributed by atoms with Crippen molar-refractivity contribution < 1.29 is 4.39 Å². The van der Waals surface area contributed by atoms with E-state index in [2.05, 4.69) is 20.3 Å². The lowest BCUT2D eigenvalue weighted by molar-refractivity contribution is 0.628. The summed E-state index contributed by atoms with van der Waals surface area (Å²) in [5.74, 6) is 0.269. The van der Waals surface area contributed by atoms with Crippen LogP contribution in [0, 0.1) is 5.82 Å². The number of nitrogens with zero attached hydrogens (tertiary/aromatic N) is 3. The molecule has 0 amide bonds. The molecule has 0 radical (unpaired) electrons. The largest absolute Gasteiger partial charge is 0.338 e. The van der Waals surface area contributed by atoms with Crippen LogP contribution in [0.15, 0.2) is 48.8 Å². The topological polar surface area (TPSA) is 50.7 Å². The lowest BCUT2D eigenvalue weighted by atomic mass is 10.1. The second-order valence-electron chi connectivity index (χ2n) is 5.49. The van der Waals surface area contributed by atoms with Gasteiger partial charge in [0.05, 0.1) is 0 Å². The lowest BCUT2D eigenvalue weighted by Crippen LogP contribution is -1.96. The van der Waals surface area contributed by atoms with Crippen LogP contribution in [0.2, 0.25) is 10.0 Å². The number of fused-ring (bicyclic) bond motifs is 1. The quantitative estimate of drug-likeness (QED) is 0.462. The summed E-state index contributed by atoms with van der Waals surface area (Å²) < 4.78 is 13.1. The second-order valence-corrected chi connectivity index (χ2v) is 7.37. The normalized spacial score (nSPS) is 11.0. The predicted molar refractivity (Wildman–Crippen MR) is 104 cm³/mol. The van der Waals surface area contributed by atoms with Crippen molar-refractivity contribution in [2.24, 2.45) is 0 Å². The molecule has 0 aliphatic carbocycles. The van der Waals surface area contributed by atoms with E-state index in [1.165, 1.54) is 29.8 Å². The zero-order valence-electron chi connectivity index (χ0n) is 13.2. The van der Waals surface area contributed by atoms with E-state index in [9.17, 15) is 4.39 Å². The van der Waals surface area contributed by atoms with Crippen LogP contribution in [0.1, 0.15) is 10.6 Å². The molecule has 4 aromatic rings. The molecule has 0 bridgehead atoms. The molecule has 8 heteroatoms. The van der Waals surface area contributed by atoms with Crippen molar-refractivity contribution in [2.45, 2.75) is 6.42 Å². The zero-order chi connectivity index (χ0) is 18.1. The second kappa shape index (κ2) is 7.15. The van der Waals surface area contributed by atoms with Crippen LogP contribution in [0.5, 0.6) is 0 Å². The molecule has 0 aliphatic heterocycles. The van der Waals surface area contributed by atoms with Gasteiger partial charge in [-0.2, -0.15) is 0 Å². The smallest absolute Gasteiger partial charge is 0.161 e. The molecule has 4 nitrogen and oxygen atoms in total. The summed E-state index contributed by atoms with van der Waals surface area (Å²) in [5, 5.41) is 5.19. The highest BCUT2D eigenvalue weighted by atomic mass is 35.5. The van der Waals surface area contributed by atoms with Gasteiger partial charge in [-0.15, -0.1) is 0 Å². The van der Waals surface area contributed by atoms with Crippen LogP contribution in [0.25, 0.3) is 10.3 Å². The van der Waals surface area contributed by atoms with Gasteiger partial charge in [0.1, 0.15) is 27.5 Å². The number of halogens is 3. The third-order valence-corrected chi connectivity index (χ3v) is 5.41. The number of nitrogens with one attached hydrogen (secondary N) is 1. The first-order chi connectivity index (χ1) is 12.6. The molecule has 0 saturated carbocycles. The van der Waals surface area contributed by atoms with Crippen LogP contribution in [0.3, 0.4) is 0 Å². The summed E-state index contributed by atoms with van der Waals surface area (Å²) in [7, 11) is 0.